The summed E-state index contributed by atoms with van der Waals surface area (Å²) in [6, 6.07) is 7.46. The zero-order valence-corrected chi connectivity index (χ0v) is 17.1. The SMILES string of the molecule is COc1cccc(C(=O)N2CCN(CC3CC4C=CC3C4)CC2)c1.O=C(O)C(=O)O. The second-order valence-corrected chi connectivity index (χ2v) is 7.98. The number of hydrogen-bond donors (Lipinski definition) is 2. The first-order valence-corrected chi connectivity index (χ1v) is 10.2. The number of piperazine rings is 1. The molecule has 1 heterocycles. The van der Waals surface area contributed by atoms with Crippen LogP contribution in [-0.2, 0) is 9.59 Å². The Morgan fingerprint density at radius 2 is 1.73 bits per heavy atom. The first-order valence-electron chi connectivity index (χ1n) is 10.2. The van der Waals surface area contributed by atoms with Crippen LogP contribution in [0.1, 0.15) is 23.2 Å². The van der Waals surface area contributed by atoms with E-state index in [1.54, 1.807) is 7.11 Å². The summed E-state index contributed by atoms with van der Waals surface area (Å²) in [5.74, 6) is -0.298. The van der Waals surface area contributed by atoms with Gasteiger partial charge in [0, 0.05) is 38.3 Å². The normalized spacial score (nSPS) is 24.8. The van der Waals surface area contributed by atoms with Gasteiger partial charge in [-0.05, 0) is 48.8 Å². The Balaban J connectivity index is 0.000000377. The second kappa shape index (κ2) is 9.75. The van der Waals surface area contributed by atoms with Gasteiger partial charge >= 0.3 is 11.9 Å². The number of hydrogen-bond acceptors (Lipinski definition) is 5. The number of fused-ring (bicyclic) bond motifs is 2. The Morgan fingerprint density at radius 3 is 2.27 bits per heavy atom. The highest BCUT2D eigenvalue weighted by Gasteiger charge is 2.36. The van der Waals surface area contributed by atoms with E-state index in [9.17, 15) is 4.79 Å². The number of allylic oxidation sites excluding steroid dienone is 2. The highest BCUT2D eigenvalue weighted by Crippen LogP contribution is 2.43. The van der Waals surface area contributed by atoms with Crippen LogP contribution in [0.4, 0.5) is 0 Å². The molecule has 2 bridgehead atoms. The van der Waals surface area contributed by atoms with E-state index in [1.165, 1.54) is 19.4 Å². The third-order valence-corrected chi connectivity index (χ3v) is 6.07. The minimum atomic E-state index is -1.82. The van der Waals surface area contributed by atoms with Gasteiger partial charge in [-0.2, -0.15) is 0 Å². The average molecular weight is 416 g/mol. The van der Waals surface area contributed by atoms with E-state index in [4.69, 9.17) is 24.5 Å². The molecule has 0 radical (unpaired) electrons. The molecule has 162 valence electrons. The number of carboxylic acids is 2. The van der Waals surface area contributed by atoms with Crippen LogP contribution >= 0.6 is 0 Å². The number of carbonyl (C=O) groups excluding carboxylic acids is 1. The lowest BCUT2D eigenvalue weighted by molar-refractivity contribution is -0.159. The molecule has 3 unspecified atom stereocenters. The zero-order chi connectivity index (χ0) is 21.7. The van der Waals surface area contributed by atoms with Gasteiger partial charge in [0.2, 0.25) is 0 Å². The van der Waals surface area contributed by atoms with Crippen LogP contribution < -0.4 is 4.74 Å². The maximum Gasteiger partial charge on any atom is 0.414 e. The van der Waals surface area contributed by atoms with E-state index in [0.29, 0.717) is 0 Å². The minimum absolute atomic E-state index is 0.122. The predicted molar refractivity (Wildman–Crippen MR) is 109 cm³/mol. The zero-order valence-electron chi connectivity index (χ0n) is 17.1. The summed E-state index contributed by atoms with van der Waals surface area (Å²) >= 11 is 0. The molecule has 1 saturated carbocycles. The lowest BCUT2D eigenvalue weighted by Gasteiger charge is -2.37. The maximum atomic E-state index is 12.7. The van der Waals surface area contributed by atoms with Gasteiger partial charge in [-0.15, -0.1) is 0 Å². The first kappa shape index (κ1) is 21.8. The van der Waals surface area contributed by atoms with Crippen molar-refractivity contribution < 1.29 is 29.3 Å². The van der Waals surface area contributed by atoms with Crippen molar-refractivity contribution in [3.63, 3.8) is 0 Å². The Kier molecular flexibility index (Phi) is 7.10. The molecular weight excluding hydrogens is 388 g/mol. The minimum Gasteiger partial charge on any atom is -0.497 e. The largest absolute Gasteiger partial charge is 0.497 e. The van der Waals surface area contributed by atoms with Crippen molar-refractivity contribution in [3.05, 3.63) is 42.0 Å². The predicted octanol–water partition coefficient (Wildman–Crippen LogP) is 1.82. The van der Waals surface area contributed by atoms with Gasteiger partial charge in [-0.3, -0.25) is 9.69 Å². The van der Waals surface area contributed by atoms with E-state index >= 15 is 0 Å². The molecule has 1 saturated heterocycles. The van der Waals surface area contributed by atoms with E-state index in [0.717, 1.165) is 55.2 Å². The third-order valence-electron chi connectivity index (χ3n) is 6.07. The first-order chi connectivity index (χ1) is 14.4. The summed E-state index contributed by atoms with van der Waals surface area (Å²) in [5.41, 5.74) is 0.723. The fourth-order valence-electron chi connectivity index (χ4n) is 4.51. The molecule has 3 atom stereocenters. The number of nitrogens with zero attached hydrogens (tertiary/aromatic N) is 2. The van der Waals surface area contributed by atoms with Crippen molar-refractivity contribution in [1.82, 2.24) is 9.80 Å². The summed E-state index contributed by atoms with van der Waals surface area (Å²) in [5, 5.41) is 14.8. The van der Waals surface area contributed by atoms with Crippen LogP contribution in [0.15, 0.2) is 36.4 Å². The van der Waals surface area contributed by atoms with Crippen LogP contribution in [0.25, 0.3) is 0 Å². The average Bonchev–Trinajstić information content (AvgIpc) is 3.37. The fourth-order valence-corrected chi connectivity index (χ4v) is 4.51. The van der Waals surface area contributed by atoms with Gasteiger partial charge in [0.15, 0.2) is 0 Å². The van der Waals surface area contributed by atoms with Gasteiger partial charge < -0.3 is 19.8 Å². The van der Waals surface area contributed by atoms with E-state index in [-0.39, 0.29) is 5.91 Å². The molecule has 0 spiro atoms. The van der Waals surface area contributed by atoms with Gasteiger partial charge in [-0.1, -0.05) is 18.2 Å². The van der Waals surface area contributed by atoms with Crippen molar-refractivity contribution in [3.8, 4) is 5.75 Å². The summed E-state index contributed by atoms with van der Waals surface area (Å²) in [6.45, 7) is 4.84. The molecule has 2 aliphatic carbocycles. The van der Waals surface area contributed by atoms with Crippen molar-refractivity contribution in [2.24, 2.45) is 17.8 Å². The van der Waals surface area contributed by atoms with Crippen LogP contribution in [0.3, 0.4) is 0 Å². The molecule has 2 fully saturated rings. The van der Waals surface area contributed by atoms with Crippen molar-refractivity contribution in [1.29, 1.82) is 0 Å². The van der Waals surface area contributed by atoms with Crippen LogP contribution in [0, 0.1) is 17.8 Å². The molecule has 3 aliphatic rings. The Labute approximate surface area is 175 Å². The highest BCUT2D eigenvalue weighted by atomic mass is 16.5. The van der Waals surface area contributed by atoms with Crippen LogP contribution in [-0.4, -0.2) is 77.7 Å². The van der Waals surface area contributed by atoms with Crippen molar-refractivity contribution >= 4 is 17.8 Å². The second-order valence-electron chi connectivity index (χ2n) is 7.98. The third kappa shape index (κ3) is 5.38. The molecule has 8 nitrogen and oxygen atoms in total. The number of methoxy groups -OCH3 is 1. The molecule has 1 aromatic rings. The van der Waals surface area contributed by atoms with Gasteiger partial charge in [0.1, 0.15) is 5.75 Å². The number of amides is 1. The molecular formula is C22H28N2O6. The fraction of sp³-hybridized carbons (Fsp3) is 0.500. The monoisotopic (exact) mass is 416 g/mol. The summed E-state index contributed by atoms with van der Waals surface area (Å²) < 4.78 is 5.22. The van der Waals surface area contributed by atoms with Crippen LogP contribution in [0.2, 0.25) is 0 Å². The van der Waals surface area contributed by atoms with E-state index in [1.807, 2.05) is 29.2 Å². The number of aliphatic carboxylic acids is 2. The Morgan fingerprint density at radius 1 is 1.03 bits per heavy atom. The number of benzene rings is 1. The van der Waals surface area contributed by atoms with Crippen LogP contribution in [0.5, 0.6) is 5.75 Å². The molecule has 0 aromatic heterocycles. The Hall–Kier alpha value is -2.87. The maximum absolute atomic E-state index is 12.7. The molecule has 1 aliphatic heterocycles. The summed E-state index contributed by atoms with van der Waals surface area (Å²) in [7, 11) is 1.63. The number of carbonyl (C=O) groups is 3. The van der Waals surface area contributed by atoms with Gasteiger partial charge in [0.25, 0.3) is 5.91 Å². The van der Waals surface area contributed by atoms with Crippen molar-refractivity contribution in [2.75, 3.05) is 39.8 Å². The van der Waals surface area contributed by atoms with Gasteiger partial charge in [-0.25, -0.2) is 9.59 Å². The topological polar surface area (TPSA) is 107 Å². The molecule has 1 amide bonds. The van der Waals surface area contributed by atoms with Gasteiger partial charge in [0.05, 0.1) is 7.11 Å². The van der Waals surface area contributed by atoms with E-state index in [2.05, 4.69) is 17.1 Å². The summed E-state index contributed by atoms with van der Waals surface area (Å²) in [6.07, 6.45) is 7.58. The number of ether oxygens (including phenoxy) is 1. The van der Waals surface area contributed by atoms with E-state index < -0.39 is 11.9 Å². The highest BCUT2D eigenvalue weighted by molar-refractivity contribution is 6.27. The van der Waals surface area contributed by atoms with Crippen molar-refractivity contribution in [2.45, 2.75) is 12.8 Å². The molecule has 30 heavy (non-hydrogen) atoms. The Bertz CT molecular complexity index is 804. The lowest BCUT2D eigenvalue weighted by Crippen LogP contribution is -2.50. The number of rotatable bonds is 4. The molecule has 2 N–H and O–H groups in total. The smallest absolute Gasteiger partial charge is 0.414 e. The standard InChI is InChI=1S/C20H26N2O2.C2H2O4/c1-24-19-4-2-3-17(13-19)20(23)22-9-7-21(8-10-22)14-18-12-15-5-6-16(18)11-15;3-1(4)2(5)6/h2-6,13,15-16,18H,7-12,14H2,1H3;(H,3,4)(H,5,6). The molecule has 1 aromatic carbocycles. The quantitative estimate of drug-likeness (QED) is 0.569. The summed E-state index contributed by atoms with van der Waals surface area (Å²) in [4.78, 5) is 35.4. The molecule has 4 rings (SSSR count). The number of carboxylic acid groups (broad SMARTS) is 2. The molecule has 8 heteroatoms. The lowest BCUT2D eigenvalue weighted by atomic mass is 9.93.